The molecule has 0 radical (unpaired) electrons. The number of halogens is 1. The van der Waals surface area contributed by atoms with E-state index in [0.29, 0.717) is 18.9 Å². The SMILES string of the molecule is CS(=O)(=O)c1ccccc1OCCN.Cl. The molecule has 0 spiro atoms. The van der Waals surface area contributed by atoms with Crippen molar-refractivity contribution in [3.8, 4) is 5.75 Å². The Morgan fingerprint density at radius 3 is 2.47 bits per heavy atom. The molecule has 0 atom stereocenters. The minimum Gasteiger partial charge on any atom is -0.491 e. The van der Waals surface area contributed by atoms with Crippen molar-refractivity contribution in [2.24, 2.45) is 5.73 Å². The maximum Gasteiger partial charge on any atom is 0.179 e. The lowest BCUT2D eigenvalue weighted by Crippen LogP contribution is -2.12. The normalized spacial score (nSPS) is 10.5. The highest BCUT2D eigenvalue weighted by Crippen LogP contribution is 2.22. The van der Waals surface area contributed by atoms with E-state index in [1.165, 1.54) is 6.07 Å². The molecule has 0 aromatic heterocycles. The highest BCUT2D eigenvalue weighted by molar-refractivity contribution is 7.90. The van der Waals surface area contributed by atoms with E-state index in [0.717, 1.165) is 6.26 Å². The van der Waals surface area contributed by atoms with Gasteiger partial charge in [0.2, 0.25) is 0 Å². The van der Waals surface area contributed by atoms with Gasteiger partial charge in [0.15, 0.2) is 9.84 Å². The van der Waals surface area contributed by atoms with Gasteiger partial charge in [0, 0.05) is 12.8 Å². The van der Waals surface area contributed by atoms with E-state index in [2.05, 4.69) is 0 Å². The van der Waals surface area contributed by atoms with Crippen molar-refractivity contribution >= 4 is 22.2 Å². The lowest BCUT2D eigenvalue weighted by atomic mass is 10.3. The number of sulfone groups is 1. The Morgan fingerprint density at radius 1 is 1.33 bits per heavy atom. The third-order valence-electron chi connectivity index (χ3n) is 1.62. The molecule has 0 amide bonds. The molecular weight excluding hydrogens is 238 g/mol. The minimum atomic E-state index is -3.23. The number of nitrogens with two attached hydrogens (primary N) is 1. The molecule has 0 heterocycles. The van der Waals surface area contributed by atoms with Gasteiger partial charge in [-0.25, -0.2) is 8.42 Å². The number of rotatable bonds is 4. The topological polar surface area (TPSA) is 69.4 Å². The van der Waals surface area contributed by atoms with Gasteiger partial charge in [0.1, 0.15) is 17.3 Å². The predicted molar refractivity (Wildman–Crippen MR) is 61.3 cm³/mol. The maximum atomic E-state index is 11.3. The van der Waals surface area contributed by atoms with Gasteiger partial charge in [-0.15, -0.1) is 12.4 Å². The first-order valence-electron chi connectivity index (χ1n) is 4.17. The summed E-state index contributed by atoms with van der Waals surface area (Å²) in [5, 5.41) is 0. The molecule has 6 heteroatoms. The summed E-state index contributed by atoms with van der Waals surface area (Å²) in [6.07, 6.45) is 1.15. The summed E-state index contributed by atoms with van der Waals surface area (Å²) in [5.74, 6) is 0.362. The predicted octanol–water partition coefficient (Wildman–Crippen LogP) is 0.849. The molecule has 0 saturated heterocycles. The quantitative estimate of drug-likeness (QED) is 0.861. The van der Waals surface area contributed by atoms with Gasteiger partial charge >= 0.3 is 0 Å². The summed E-state index contributed by atoms with van der Waals surface area (Å²) in [6, 6.07) is 6.51. The van der Waals surface area contributed by atoms with Gasteiger partial charge in [0.25, 0.3) is 0 Å². The zero-order valence-corrected chi connectivity index (χ0v) is 9.98. The molecule has 0 aliphatic rings. The summed E-state index contributed by atoms with van der Waals surface area (Å²) in [5.41, 5.74) is 5.26. The van der Waals surface area contributed by atoms with E-state index in [9.17, 15) is 8.42 Å². The van der Waals surface area contributed by atoms with Crippen molar-refractivity contribution in [1.29, 1.82) is 0 Å². The molecule has 0 unspecified atom stereocenters. The smallest absolute Gasteiger partial charge is 0.179 e. The summed E-state index contributed by atoms with van der Waals surface area (Å²) >= 11 is 0. The molecule has 0 aliphatic carbocycles. The Bertz CT molecular complexity index is 406. The van der Waals surface area contributed by atoms with Gasteiger partial charge < -0.3 is 10.5 Å². The molecule has 1 rings (SSSR count). The molecule has 0 aliphatic heterocycles. The second kappa shape index (κ2) is 5.95. The van der Waals surface area contributed by atoms with Gasteiger partial charge in [-0.3, -0.25) is 0 Å². The van der Waals surface area contributed by atoms with Crippen molar-refractivity contribution in [3.05, 3.63) is 24.3 Å². The van der Waals surface area contributed by atoms with Crippen LogP contribution >= 0.6 is 12.4 Å². The van der Waals surface area contributed by atoms with Gasteiger partial charge in [-0.05, 0) is 12.1 Å². The lowest BCUT2D eigenvalue weighted by molar-refractivity contribution is 0.320. The van der Waals surface area contributed by atoms with E-state index < -0.39 is 9.84 Å². The second-order valence-electron chi connectivity index (χ2n) is 2.86. The van der Waals surface area contributed by atoms with Crippen LogP contribution in [-0.4, -0.2) is 27.8 Å². The highest BCUT2D eigenvalue weighted by atomic mass is 35.5. The molecule has 2 N–H and O–H groups in total. The molecule has 0 fully saturated rings. The molecular formula is C9H14ClNO3S. The zero-order valence-electron chi connectivity index (χ0n) is 8.34. The van der Waals surface area contributed by atoms with Crippen LogP contribution in [-0.2, 0) is 9.84 Å². The lowest BCUT2D eigenvalue weighted by Gasteiger charge is -2.08. The Kier molecular flexibility index (Phi) is 5.64. The van der Waals surface area contributed by atoms with Crippen molar-refractivity contribution in [2.45, 2.75) is 4.90 Å². The Morgan fingerprint density at radius 2 is 1.93 bits per heavy atom. The first-order chi connectivity index (χ1) is 6.55. The summed E-state index contributed by atoms with van der Waals surface area (Å²) in [7, 11) is -3.23. The molecule has 86 valence electrons. The fourth-order valence-corrected chi connectivity index (χ4v) is 1.86. The van der Waals surface area contributed by atoms with E-state index in [4.69, 9.17) is 10.5 Å². The molecule has 1 aromatic carbocycles. The van der Waals surface area contributed by atoms with E-state index >= 15 is 0 Å². The molecule has 15 heavy (non-hydrogen) atoms. The van der Waals surface area contributed by atoms with Crippen LogP contribution in [0.3, 0.4) is 0 Å². The molecule has 4 nitrogen and oxygen atoms in total. The third-order valence-corrected chi connectivity index (χ3v) is 2.76. The van der Waals surface area contributed by atoms with Crippen LogP contribution in [0.4, 0.5) is 0 Å². The monoisotopic (exact) mass is 251 g/mol. The summed E-state index contributed by atoms with van der Waals surface area (Å²) < 4.78 is 27.8. The molecule has 1 aromatic rings. The number of para-hydroxylation sites is 1. The standard InChI is InChI=1S/C9H13NO3S.ClH/c1-14(11,12)9-5-3-2-4-8(9)13-7-6-10;/h2-5H,6-7,10H2,1H3;1H. The molecule has 0 bridgehead atoms. The number of hydrogen-bond acceptors (Lipinski definition) is 4. The van der Waals surface area contributed by atoms with Crippen LogP contribution < -0.4 is 10.5 Å². The van der Waals surface area contributed by atoms with Gasteiger partial charge in [-0.2, -0.15) is 0 Å². The summed E-state index contributed by atoms with van der Waals surface area (Å²) in [4.78, 5) is 0.202. The zero-order chi connectivity index (χ0) is 10.6. The average molecular weight is 252 g/mol. The van der Waals surface area contributed by atoms with Gasteiger partial charge in [-0.1, -0.05) is 12.1 Å². The van der Waals surface area contributed by atoms with Crippen LogP contribution in [0.15, 0.2) is 29.2 Å². The number of benzene rings is 1. The minimum absolute atomic E-state index is 0. The van der Waals surface area contributed by atoms with Crippen LogP contribution in [0.5, 0.6) is 5.75 Å². The van der Waals surface area contributed by atoms with Crippen LogP contribution in [0.2, 0.25) is 0 Å². The largest absolute Gasteiger partial charge is 0.491 e. The average Bonchev–Trinajstić information content (AvgIpc) is 2.14. The summed E-state index contributed by atoms with van der Waals surface area (Å²) in [6.45, 7) is 0.671. The Hall–Kier alpha value is -0.780. The van der Waals surface area contributed by atoms with Crippen molar-refractivity contribution in [2.75, 3.05) is 19.4 Å². The number of hydrogen-bond donors (Lipinski definition) is 1. The van der Waals surface area contributed by atoms with E-state index in [-0.39, 0.29) is 17.3 Å². The Balaban J connectivity index is 0.00000196. The Labute approximate surface area is 95.8 Å². The van der Waals surface area contributed by atoms with Crippen LogP contribution in [0, 0.1) is 0 Å². The first-order valence-corrected chi connectivity index (χ1v) is 6.07. The van der Waals surface area contributed by atoms with Crippen LogP contribution in [0.1, 0.15) is 0 Å². The fraction of sp³-hybridized carbons (Fsp3) is 0.333. The fourth-order valence-electron chi connectivity index (χ4n) is 1.04. The van der Waals surface area contributed by atoms with E-state index in [1.807, 2.05) is 0 Å². The van der Waals surface area contributed by atoms with Crippen molar-refractivity contribution < 1.29 is 13.2 Å². The first kappa shape index (κ1) is 14.2. The maximum absolute atomic E-state index is 11.3. The van der Waals surface area contributed by atoms with Gasteiger partial charge in [0.05, 0.1) is 0 Å². The van der Waals surface area contributed by atoms with E-state index in [1.54, 1.807) is 18.2 Å². The highest BCUT2D eigenvalue weighted by Gasteiger charge is 2.12. The van der Waals surface area contributed by atoms with Crippen molar-refractivity contribution in [3.63, 3.8) is 0 Å². The number of ether oxygens (including phenoxy) is 1. The molecule has 0 saturated carbocycles. The van der Waals surface area contributed by atoms with Crippen LogP contribution in [0.25, 0.3) is 0 Å². The van der Waals surface area contributed by atoms with Crippen molar-refractivity contribution in [1.82, 2.24) is 0 Å². The second-order valence-corrected chi connectivity index (χ2v) is 4.84. The third kappa shape index (κ3) is 4.07.